The van der Waals surface area contributed by atoms with Crippen molar-refractivity contribution in [2.75, 3.05) is 0 Å². The molecule has 4 aromatic rings. The third kappa shape index (κ3) is 3.10. The summed E-state index contributed by atoms with van der Waals surface area (Å²) < 4.78 is 3.84. The summed E-state index contributed by atoms with van der Waals surface area (Å²) in [5, 5.41) is 10.2. The van der Waals surface area contributed by atoms with Crippen LogP contribution < -0.4 is 0 Å². The number of hydrogen-bond acceptors (Lipinski definition) is 3. The highest BCUT2D eigenvalue weighted by Crippen LogP contribution is 2.32. The Bertz CT molecular complexity index is 1180. The lowest BCUT2D eigenvalue weighted by Gasteiger charge is -2.20. The lowest BCUT2D eigenvalue weighted by atomic mass is 9.92. The molecule has 0 unspecified atom stereocenters. The van der Waals surface area contributed by atoms with Gasteiger partial charge in [0.2, 0.25) is 0 Å². The molecular formula is C22H24ClN5. The van der Waals surface area contributed by atoms with Crippen LogP contribution in [0.25, 0.3) is 22.6 Å². The van der Waals surface area contributed by atoms with Crippen LogP contribution in [0.4, 0.5) is 0 Å². The van der Waals surface area contributed by atoms with Crippen LogP contribution in [0.3, 0.4) is 0 Å². The van der Waals surface area contributed by atoms with Crippen LogP contribution in [0, 0.1) is 20.8 Å². The monoisotopic (exact) mass is 393 g/mol. The van der Waals surface area contributed by atoms with Crippen LogP contribution in [0.5, 0.6) is 0 Å². The van der Waals surface area contributed by atoms with Gasteiger partial charge in [-0.05, 0) is 44.5 Å². The van der Waals surface area contributed by atoms with Crippen molar-refractivity contribution >= 4 is 17.2 Å². The molecule has 3 heterocycles. The molecule has 3 aromatic heterocycles. The highest BCUT2D eigenvalue weighted by Gasteiger charge is 2.23. The van der Waals surface area contributed by atoms with E-state index in [9.17, 15) is 0 Å². The topological polar surface area (TPSA) is 48.0 Å². The van der Waals surface area contributed by atoms with Crippen LogP contribution in [-0.4, -0.2) is 24.4 Å². The summed E-state index contributed by atoms with van der Waals surface area (Å²) in [5.74, 6) is 0.892. The number of aromatic nitrogens is 5. The van der Waals surface area contributed by atoms with Gasteiger partial charge in [-0.15, -0.1) is 0 Å². The second-order valence-electron chi connectivity index (χ2n) is 8.29. The summed E-state index contributed by atoms with van der Waals surface area (Å²) in [6.07, 6.45) is 0. The van der Waals surface area contributed by atoms with Crippen LogP contribution in [0.2, 0.25) is 5.02 Å². The maximum Gasteiger partial charge on any atom is 0.165 e. The molecule has 0 aliphatic carbocycles. The van der Waals surface area contributed by atoms with Crippen molar-refractivity contribution in [3.8, 4) is 16.9 Å². The average molecular weight is 394 g/mol. The van der Waals surface area contributed by atoms with Crippen LogP contribution in [-0.2, 0) is 5.41 Å². The number of halogens is 1. The third-order valence-electron chi connectivity index (χ3n) is 4.87. The fourth-order valence-electron chi connectivity index (χ4n) is 3.46. The van der Waals surface area contributed by atoms with Crippen molar-refractivity contribution in [2.24, 2.45) is 0 Å². The van der Waals surface area contributed by atoms with Crippen molar-refractivity contribution in [1.29, 1.82) is 0 Å². The molecule has 0 saturated carbocycles. The van der Waals surface area contributed by atoms with Crippen LogP contribution >= 0.6 is 11.6 Å². The van der Waals surface area contributed by atoms with E-state index in [0.717, 1.165) is 45.4 Å². The molecule has 0 saturated heterocycles. The van der Waals surface area contributed by atoms with Crippen molar-refractivity contribution in [1.82, 2.24) is 24.4 Å². The SMILES string of the molecule is Cc1cc(C)n(-c2cc(C(C)(C)C)nc3c(-c4ccc(Cl)cc4)c(C)nn23)n1. The normalized spacial score (nSPS) is 12.1. The molecule has 0 radical (unpaired) electrons. The quantitative estimate of drug-likeness (QED) is 0.454. The zero-order valence-corrected chi connectivity index (χ0v) is 17.8. The molecule has 144 valence electrons. The summed E-state index contributed by atoms with van der Waals surface area (Å²) in [6.45, 7) is 12.6. The Morgan fingerprint density at radius 1 is 0.929 bits per heavy atom. The summed E-state index contributed by atoms with van der Waals surface area (Å²) >= 11 is 6.09. The molecule has 0 aliphatic heterocycles. The van der Waals surface area contributed by atoms with E-state index in [1.807, 2.05) is 47.3 Å². The summed E-state index contributed by atoms with van der Waals surface area (Å²) in [6, 6.07) is 12.0. The maximum atomic E-state index is 6.09. The minimum atomic E-state index is -0.109. The lowest BCUT2D eigenvalue weighted by molar-refractivity contribution is 0.565. The fraction of sp³-hybridized carbons (Fsp3) is 0.318. The van der Waals surface area contributed by atoms with E-state index in [4.69, 9.17) is 21.7 Å². The number of fused-ring (bicyclic) bond motifs is 1. The van der Waals surface area contributed by atoms with Crippen LogP contribution in [0.1, 0.15) is 43.5 Å². The van der Waals surface area contributed by atoms with Gasteiger partial charge in [0.1, 0.15) is 0 Å². The molecule has 0 spiro atoms. The Balaban J connectivity index is 2.09. The molecule has 0 amide bonds. The predicted octanol–water partition coefficient (Wildman–Crippen LogP) is 5.46. The highest BCUT2D eigenvalue weighted by atomic mass is 35.5. The molecular weight excluding hydrogens is 370 g/mol. The van der Waals surface area contributed by atoms with Crippen molar-refractivity contribution in [3.05, 3.63) is 64.2 Å². The molecule has 5 nitrogen and oxygen atoms in total. The molecule has 28 heavy (non-hydrogen) atoms. The first-order valence-electron chi connectivity index (χ1n) is 9.35. The molecule has 1 aromatic carbocycles. The number of benzene rings is 1. The second kappa shape index (κ2) is 6.45. The van der Waals surface area contributed by atoms with E-state index >= 15 is 0 Å². The second-order valence-corrected chi connectivity index (χ2v) is 8.73. The Morgan fingerprint density at radius 3 is 2.18 bits per heavy atom. The molecule has 0 bridgehead atoms. The Hall–Kier alpha value is -2.66. The number of hydrogen-bond donors (Lipinski definition) is 0. The first-order valence-corrected chi connectivity index (χ1v) is 9.73. The molecule has 0 aliphatic rings. The van der Waals surface area contributed by atoms with E-state index in [0.29, 0.717) is 5.02 Å². The maximum absolute atomic E-state index is 6.09. The molecule has 0 fully saturated rings. The van der Waals surface area contributed by atoms with Crippen molar-refractivity contribution < 1.29 is 0 Å². The smallest absolute Gasteiger partial charge is 0.165 e. The van der Waals surface area contributed by atoms with E-state index in [-0.39, 0.29) is 5.41 Å². The van der Waals surface area contributed by atoms with Gasteiger partial charge in [-0.2, -0.15) is 14.7 Å². The highest BCUT2D eigenvalue weighted by molar-refractivity contribution is 6.30. The fourth-order valence-corrected chi connectivity index (χ4v) is 3.58. The lowest BCUT2D eigenvalue weighted by Crippen LogP contribution is -2.17. The van der Waals surface area contributed by atoms with E-state index in [1.165, 1.54) is 0 Å². The molecule has 0 N–H and O–H groups in total. The summed E-state index contributed by atoms with van der Waals surface area (Å²) in [5.41, 5.74) is 6.74. The Morgan fingerprint density at radius 2 is 1.61 bits per heavy atom. The number of aryl methyl sites for hydroxylation is 3. The van der Waals surface area contributed by atoms with Crippen LogP contribution in [0.15, 0.2) is 36.4 Å². The standard InChI is InChI=1S/C22H24ClN5/c1-13-11-14(2)27(25-13)19-12-18(22(4,5)6)24-21-20(15(3)26-28(19)21)16-7-9-17(23)10-8-16/h7-12H,1-6H3. The predicted molar refractivity (Wildman–Crippen MR) is 113 cm³/mol. The van der Waals surface area contributed by atoms with Gasteiger partial charge in [0.05, 0.1) is 17.1 Å². The van der Waals surface area contributed by atoms with Gasteiger partial charge in [-0.25, -0.2) is 9.67 Å². The van der Waals surface area contributed by atoms with Crippen molar-refractivity contribution in [3.63, 3.8) is 0 Å². The molecule has 0 atom stereocenters. The minimum Gasteiger partial charge on any atom is -0.232 e. The van der Waals surface area contributed by atoms with Gasteiger partial charge >= 0.3 is 0 Å². The van der Waals surface area contributed by atoms with Gasteiger partial charge in [-0.1, -0.05) is 44.5 Å². The minimum absolute atomic E-state index is 0.109. The first-order chi connectivity index (χ1) is 13.1. The van der Waals surface area contributed by atoms with E-state index in [1.54, 1.807) is 0 Å². The largest absolute Gasteiger partial charge is 0.232 e. The Kier molecular flexibility index (Phi) is 4.31. The Labute approximate surface area is 170 Å². The first kappa shape index (κ1) is 18.7. The number of nitrogens with zero attached hydrogens (tertiary/aromatic N) is 5. The van der Waals surface area contributed by atoms with Gasteiger partial charge in [0, 0.05) is 27.8 Å². The molecule has 4 rings (SSSR count). The van der Waals surface area contributed by atoms with Gasteiger partial charge in [-0.3, -0.25) is 0 Å². The zero-order valence-electron chi connectivity index (χ0n) is 17.1. The van der Waals surface area contributed by atoms with E-state index < -0.39 is 0 Å². The molecule has 6 heteroatoms. The summed E-state index contributed by atoms with van der Waals surface area (Å²) in [4.78, 5) is 5.02. The van der Waals surface area contributed by atoms with Gasteiger partial charge < -0.3 is 0 Å². The summed E-state index contributed by atoms with van der Waals surface area (Å²) in [7, 11) is 0. The van der Waals surface area contributed by atoms with Gasteiger partial charge in [0.15, 0.2) is 11.5 Å². The van der Waals surface area contributed by atoms with Gasteiger partial charge in [0.25, 0.3) is 0 Å². The van der Waals surface area contributed by atoms with Crippen molar-refractivity contribution in [2.45, 2.75) is 47.0 Å². The number of rotatable bonds is 2. The van der Waals surface area contributed by atoms with E-state index in [2.05, 4.69) is 44.9 Å². The average Bonchev–Trinajstić information content (AvgIpc) is 3.12. The third-order valence-corrected chi connectivity index (χ3v) is 5.13. The zero-order chi connectivity index (χ0) is 20.2.